The molecule has 3 rings (SSSR count). The molecule has 1 heteroatoms. The van der Waals surface area contributed by atoms with E-state index in [0.717, 1.165) is 29.4 Å². The van der Waals surface area contributed by atoms with Gasteiger partial charge in [-0.3, -0.25) is 0 Å². The van der Waals surface area contributed by atoms with Gasteiger partial charge in [0.2, 0.25) is 0 Å². The van der Waals surface area contributed by atoms with Gasteiger partial charge in [-0.1, -0.05) is 69.9 Å². The Labute approximate surface area is 102 Å². The smallest absolute Gasteiger partial charge is 0.0654 e. The summed E-state index contributed by atoms with van der Waals surface area (Å²) in [6, 6.07) is 0. The molecule has 0 spiro atoms. The summed E-state index contributed by atoms with van der Waals surface area (Å²) in [7, 11) is 1.61. The quantitative estimate of drug-likeness (QED) is 0.571. The van der Waals surface area contributed by atoms with Crippen LogP contribution in [0, 0.1) is 17.8 Å². The van der Waals surface area contributed by atoms with E-state index in [0.29, 0.717) is 0 Å². The second-order valence-electron chi connectivity index (χ2n) is 6.96. The molecule has 2 bridgehead atoms. The molecule has 2 aliphatic heterocycles. The lowest BCUT2D eigenvalue weighted by Crippen LogP contribution is -2.36. The molecule has 5 unspecified atom stereocenters. The van der Waals surface area contributed by atoms with E-state index in [1.807, 2.05) is 0 Å². The summed E-state index contributed by atoms with van der Waals surface area (Å²) in [4.78, 5) is 0. The molecule has 5 atom stereocenters. The minimum atomic E-state index is 1.04. The van der Waals surface area contributed by atoms with E-state index in [1.54, 1.807) is 45.8 Å². The van der Waals surface area contributed by atoms with Gasteiger partial charge in [-0.25, -0.2) is 0 Å². The van der Waals surface area contributed by atoms with Crippen LogP contribution in [0.25, 0.3) is 0 Å². The lowest BCUT2D eigenvalue weighted by molar-refractivity contribution is 0.139. The molecule has 3 fully saturated rings. The molecule has 3 aliphatic rings. The van der Waals surface area contributed by atoms with E-state index in [-0.39, 0.29) is 0 Å². The van der Waals surface area contributed by atoms with Crippen molar-refractivity contribution in [3.05, 3.63) is 0 Å². The first kappa shape index (κ1) is 11.2. The topological polar surface area (TPSA) is 0 Å². The molecule has 2 saturated heterocycles. The maximum atomic E-state index is 2.54. The van der Waals surface area contributed by atoms with Gasteiger partial charge in [0.1, 0.15) is 7.28 Å². The SMILES string of the molecule is CC1CCCCC1C1CCC2BC1CCC2. The number of hydrogen-bond donors (Lipinski definition) is 0. The summed E-state index contributed by atoms with van der Waals surface area (Å²) >= 11 is 0. The molecule has 1 aliphatic carbocycles. The Balaban J connectivity index is 1.68. The Hall–Kier alpha value is 0.0649. The summed E-state index contributed by atoms with van der Waals surface area (Å²) in [5, 5.41) is 0. The summed E-state index contributed by atoms with van der Waals surface area (Å²) in [6.45, 7) is 2.54. The van der Waals surface area contributed by atoms with Crippen LogP contribution in [-0.2, 0) is 0 Å². The number of hydrogen-bond acceptors (Lipinski definition) is 0. The fourth-order valence-electron chi connectivity index (χ4n) is 5.19. The Morgan fingerprint density at radius 2 is 1.62 bits per heavy atom. The molecular formula is C15H27B. The van der Waals surface area contributed by atoms with Crippen LogP contribution < -0.4 is 0 Å². The van der Waals surface area contributed by atoms with Crippen LogP contribution in [-0.4, -0.2) is 7.28 Å². The van der Waals surface area contributed by atoms with Gasteiger partial charge >= 0.3 is 0 Å². The highest BCUT2D eigenvalue weighted by Crippen LogP contribution is 2.51. The van der Waals surface area contributed by atoms with E-state index < -0.39 is 0 Å². The van der Waals surface area contributed by atoms with Gasteiger partial charge in [0.15, 0.2) is 0 Å². The molecule has 2 heterocycles. The zero-order valence-electron chi connectivity index (χ0n) is 11.0. The summed E-state index contributed by atoms with van der Waals surface area (Å²) in [6.07, 6.45) is 14.0. The summed E-state index contributed by atoms with van der Waals surface area (Å²) < 4.78 is 0. The van der Waals surface area contributed by atoms with Crippen LogP contribution >= 0.6 is 0 Å². The second kappa shape index (κ2) is 4.74. The first-order valence-electron chi connectivity index (χ1n) is 7.84. The highest BCUT2D eigenvalue weighted by Gasteiger charge is 2.40. The molecule has 90 valence electrons. The molecule has 0 N–H and O–H groups in total. The van der Waals surface area contributed by atoms with Crippen LogP contribution in [0.3, 0.4) is 0 Å². The predicted octanol–water partition coefficient (Wildman–Crippen LogP) is 4.42. The van der Waals surface area contributed by atoms with E-state index in [1.165, 1.54) is 19.3 Å². The molecule has 1 saturated carbocycles. The average molecular weight is 218 g/mol. The van der Waals surface area contributed by atoms with Crippen molar-refractivity contribution in [2.24, 2.45) is 17.8 Å². The monoisotopic (exact) mass is 218 g/mol. The number of rotatable bonds is 1. The first-order chi connectivity index (χ1) is 7.84. The maximum absolute atomic E-state index is 2.54. The minimum Gasteiger partial charge on any atom is -0.0654 e. The lowest BCUT2D eigenvalue weighted by Gasteiger charge is -2.46. The summed E-state index contributed by atoms with van der Waals surface area (Å²) in [5.41, 5.74) is 0. The van der Waals surface area contributed by atoms with Crippen LogP contribution in [0.5, 0.6) is 0 Å². The Morgan fingerprint density at radius 1 is 0.750 bits per heavy atom. The van der Waals surface area contributed by atoms with Crippen LogP contribution in [0.15, 0.2) is 0 Å². The highest BCUT2D eigenvalue weighted by molar-refractivity contribution is 6.40. The van der Waals surface area contributed by atoms with Gasteiger partial charge in [-0.15, -0.1) is 0 Å². The molecule has 0 aromatic carbocycles. The molecule has 0 aromatic rings. The lowest BCUT2D eigenvalue weighted by atomic mass is 9.39. The van der Waals surface area contributed by atoms with Crippen molar-refractivity contribution >= 4 is 7.28 Å². The van der Waals surface area contributed by atoms with Gasteiger partial charge < -0.3 is 0 Å². The van der Waals surface area contributed by atoms with Gasteiger partial charge in [0, 0.05) is 0 Å². The van der Waals surface area contributed by atoms with E-state index in [4.69, 9.17) is 0 Å². The molecular weight excluding hydrogens is 191 g/mol. The highest BCUT2D eigenvalue weighted by atomic mass is 14.4. The third-order valence-electron chi connectivity index (χ3n) is 6.06. The molecule has 0 amide bonds. The van der Waals surface area contributed by atoms with Crippen molar-refractivity contribution in [2.45, 2.75) is 76.3 Å². The largest absolute Gasteiger partial charge is 0.127 e. The van der Waals surface area contributed by atoms with Crippen molar-refractivity contribution < 1.29 is 0 Å². The van der Waals surface area contributed by atoms with Crippen molar-refractivity contribution in [3.63, 3.8) is 0 Å². The third-order valence-corrected chi connectivity index (χ3v) is 6.06. The predicted molar refractivity (Wildman–Crippen MR) is 72.3 cm³/mol. The molecule has 0 radical (unpaired) electrons. The van der Waals surface area contributed by atoms with Crippen LogP contribution in [0.1, 0.15) is 64.7 Å². The van der Waals surface area contributed by atoms with Crippen LogP contribution in [0.4, 0.5) is 0 Å². The van der Waals surface area contributed by atoms with E-state index in [9.17, 15) is 0 Å². The van der Waals surface area contributed by atoms with Gasteiger partial charge in [0.05, 0.1) is 0 Å². The van der Waals surface area contributed by atoms with Gasteiger partial charge in [0.25, 0.3) is 0 Å². The maximum Gasteiger partial charge on any atom is 0.127 e. The molecule has 16 heavy (non-hydrogen) atoms. The van der Waals surface area contributed by atoms with Crippen molar-refractivity contribution in [3.8, 4) is 0 Å². The summed E-state index contributed by atoms with van der Waals surface area (Å²) in [5.74, 6) is 5.55. The second-order valence-corrected chi connectivity index (χ2v) is 6.96. The third kappa shape index (κ3) is 2.07. The van der Waals surface area contributed by atoms with Crippen molar-refractivity contribution in [2.75, 3.05) is 0 Å². The van der Waals surface area contributed by atoms with E-state index >= 15 is 0 Å². The fraction of sp³-hybridized carbons (Fsp3) is 1.00. The zero-order valence-corrected chi connectivity index (χ0v) is 11.0. The Kier molecular flexibility index (Phi) is 3.31. The van der Waals surface area contributed by atoms with Crippen molar-refractivity contribution in [1.29, 1.82) is 0 Å². The standard InChI is InChI=1S/C15H27B/c1-11-5-2-3-7-13(11)14-10-9-12-6-4-8-15(14)16-12/h11-16H,2-10H2,1H3. The van der Waals surface area contributed by atoms with Crippen LogP contribution in [0.2, 0.25) is 11.6 Å². The zero-order chi connectivity index (χ0) is 11.0. The Bertz CT molecular complexity index is 238. The van der Waals surface area contributed by atoms with Gasteiger partial charge in [-0.2, -0.15) is 0 Å². The minimum absolute atomic E-state index is 1.04. The van der Waals surface area contributed by atoms with Crippen molar-refractivity contribution in [1.82, 2.24) is 0 Å². The molecule has 0 nitrogen and oxygen atoms in total. The van der Waals surface area contributed by atoms with Gasteiger partial charge in [-0.05, 0) is 24.2 Å². The number of fused-ring (bicyclic) bond motifs is 2. The molecule has 0 aromatic heterocycles. The normalized spacial score (nSPS) is 48.4. The Morgan fingerprint density at radius 3 is 2.50 bits per heavy atom. The van der Waals surface area contributed by atoms with E-state index in [2.05, 4.69) is 6.92 Å². The first-order valence-corrected chi connectivity index (χ1v) is 7.84. The average Bonchev–Trinajstić information content (AvgIpc) is 2.31. The fourth-order valence-corrected chi connectivity index (χ4v) is 5.19.